The molecule has 0 unspecified atom stereocenters. The fourth-order valence-corrected chi connectivity index (χ4v) is 3.31. The number of pyridine rings is 1. The van der Waals surface area contributed by atoms with Crippen molar-refractivity contribution in [1.82, 2.24) is 9.61 Å². The number of halogens is 1. The van der Waals surface area contributed by atoms with E-state index >= 15 is 0 Å². The van der Waals surface area contributed by atoms with E-state index in [1.165, 1.54) is 34.8 Å². The van der Waals surface area contributed by atoms with E-state index in [1.807, 2.05) is 24.3 Å². The number of hydrogen-bond acceptors (Lipinski definition) is 1. The van der Waals surface area contributed by atoms with Gasteiger partial charge in [-0.25, -0.2) is 4.52 Å². The molecule has 3 heteroatoms. The van der Waals surface area contributed by atoms with Crippen LogP contribution in [0.5, 0.6) is 0 Å². The highest BCUT2D eigenvalue weighted by atomic mass is 35.5. The van der Waals surface area contributed by atoms with Crippen molar-refractivity contribution >= 4 is 27.9 Å². The summed E-state index contributed by atoms with van der Waals surface area (Å²) in [7, 11) is 0. The van der Waals surface area contributed by atoms with Crippen LogP contribution in [-0.2, 0) is 6.42 Å². The Balaban J connectivity index is 1.95. The third kappa shape index (κ3) is 2.67. The first-order chi connectivity index (χ1) is 11.8. The molecule has 0 atom stereocenters. The minimum Gasteiger partial charge on any atom is -0.237 e. The summed E-state index contributed by atoms with van der Waals surface area (Å²) in [5.41, 5.74) is 4.52. The van der Waals surface area contributed by atoms with Crippen LogP contribution in [0.25, 0.3) is 27.5 Å². The van der Waals surface area contributed by atoms with Gasteiger partial charge in [-0.1, -0.05) is 61.3 Å². The molecule has 0 fully saturated rings. The van der Waals surface area contributed by atoms with Crippen LogP contribution >= 0.6 is 11.6 Å². The molecule has 4 aromatic rings. The highest BCUT2D eigenvalue weighted by Crippen LogP contribution is 2.28. The Labute approximate surface area is 146 Å². The van der Waals surface area contributed by atoms with Crippen molar-refractivity contribution in [3.05, 3.63) is 71.4 Å². The lowest BCUT2D eigenvalue weighted by Gasteiger charge is -2.08. The molecule has 120 valence electrons. The van der Waals surface area contributed by atoms with Gasteiger partial charge in [-0.2, -0.15) is 5.10 Å². The highest BCUT2D eigenvalue weighted by molar-refractivity contribution is 6.30. The van der Waals surface area contributed by atoms with Crippen molar-refractivity contribution in [2.24, 2.45) is 0 Å². The minimum absolute atomic E-state index is 0.747. The van der Waals surface area contributed by atoms with Crippen molar-refractivity contribution in [2.45, 2.75) is 26.2 Å². The van der Waals surface area contributed by atoms with Gasteiger partial charge in [-0.05, 0) is 42.5 Å². The maximum absolute atomic E-state index is 6.01. The first kappa shape index (κ1) is 15.2. The lowest BCUT2D eigenvalue weighted by atomic mass is 10.1. The minimum atomic E-state index is 0.747. The molecule has 2 nitrogen and oxygen atoms in total. The van der Waals surface area contributed by atoms with E-state index in [1.54, 1.807) is 0 Å². The molecular weight excluding hydrogens is 316 g/mol. The highest BCUT2D eigenvalue weighted by Gasteiger charge is 2.11. The van der Waals surface area contributed by atoms with Gasteiger partial charge in [0, 0.05) is 21.7 Å². The molecule has 0 saturated carbocycles. The van der Waals surface area contributed by atoms with E-state index < -0.39 is 0 Å². The number of nitrogens with zero attached hydrogens (tertiary/aromatic N) is 2. The van der Waals surface area contributed by atoms with Crippen LogP contribution in [0.2, 0.25) is 5.02 Å². The summed E-state index contributed by atoms with van der Waals surface area (Å²) in [5, 5.41) is 8.15. The zero-order valence-electron chi connectivity index (χ0n) is 13.7. The number of unbranched alkanes of at least 4 members (excludes halogenated alkanes) is 1. The summed E-state index contributed by atoms with van der Waals surface area (Å²) >= 11 is 6.01. The maximum Gasteiger partial charge on any atom is 0.0934 e. The normalized spacial score (nSPS) is 11.4. The summed E-state index contributed by atoms with van der Waals surface area (Å²) < 4.78 is 2.11. The Morgan fingerprint density at radius 3 is 2.58 bits per heavy atom. The molecule has 24 heavy (non-hydrogen) atoms. The average Bonchev–Trinajstić information content (AvgIpc) is 3.06. The van der Waals surface area contributed by atoms with E-state index in [4.69, 9.17) is 16.7 Å². The summed E-state index contributed by atoms with van der Waals surface area (Å²) in [6.45, 7) is 2.22. The summed E-state index contributed by atoms with van der Waals surface area (Å²) in [6.07, 6.45) is 3.39. The van der Waals surface area contributed by atoms with Gasteiger partial charge in [0.25, 0.3) is 0 Å². The van der Waals surface area contributed by atoms with E-state index in [0.29, 0.717) is 0 Å². The number of rotatable bonds is 4. The predicted octanol–water partition coefficient (Wildman–Crippen LogP) is 6.15. The third-order valence-corrected chi connectivity index (χ3v) is 4.72. The van der Waals surface area contributed by atoms with E-state index in [9.17, 15) is 0 Å². The number of fused-ring (bicyclic) bond motifs is 3. The quantitative estimate of drug-likeness (QED) is 0.437. The third-order valence-electron chi connectivity index (χ3n) is 4.47. The maximum atomic E-state index is 6.01. The second kappa shape index (κ2) is 6.29. The molecule has 2 aromatic carbocycles. The van der Waals surface area contributed by atoms with E-state index in [-0.39, 0.29) is 0 Å². The van der Waals surface area contributed by atoms with Gasteiger partial charge < -0.3 is 0 Å². The van der Waals surface area contributed by atoms with Gasteiger partial charge in [-0.15, -0.1) is 0 Å². The Bertz CT molecular complexity index is 1000. The van der Waals surface area contributed by atoms with Crippen LogP contribution in [0.3, 0.4) is 0 Å². The first-order valence-corrected chi connectivity index (χ1v) is 8.80. The van der Waals surface area contributed by atoms with Crippen LogP contribution < -0.4 is 0 Å². The van der Waals surface area contributed by atoms with Crippen molar-refractivity contribution in [2.75, 3.05) is 0 Å². The van der Waals surface area contributed by atoms with E-state index in [2.05, 4.69) is 47.8 Å². The predicted molar refractivity (Wildman–Crippen MR) is 102 cm³/mol. The van der Waals surface area contributed by atoms with Crippen molar-refractivity contribution in [3.63, 3.8) is 0 Å². The van der Waals surface area contributed by atoms with Crippen LogP contribution in [-0.4, -0.2) is 9.61 Å². The standard InChI is InChI=1S/C21H19ClN2/c1-2-3-7-18-13-16-6-4-5-8-19(16)21-14-20(23-24(18)21)15-9-11-17(22)12-10-15/h4-6,8-14H,2-3,7H2,1H3. The van der Waals surface area contributed by atoms with Gasteiger partial charge in [0.2, 0.25) is 0 Å². The molecule has 2 aromatic heterocycles. The molecule has 0 aliphatic carbocycles. The Morgan fingerprint density at radius 1 is 1.00 bits per heavy atom. The molecule has 0 N–H and O–H groups in total. The van der Waals surface area contributed by atoms with Crippen molar-refractivity contribution in [1.29, 1.82) is 0 Å². The van der Waals surface area contributed by atoms with Gasteiger partial charge >= 0.3 is 0 Å². The fraction of sp³-hybridized carbons (Fsp3) is 0.190. The molecule has 0 saturated heterocycles. The lowest BCUT2D eigenvalue weighted by Crippen LogP contribution is -1.99. The Morgan fingerprint density at radius 2 is 1.79 bits per heavy atom. The van der Waals surface area contributed by atoms with Crippen molar-refractivity contribution < 1.29 is 0 Å². The summed E-state index contributed by atoms with van der Waals surface area (Å²) in [6, 6.07) is 20.9. The molecule has 0 aliphatic rings. The summed E-state index contributed by atoms with van der Waals surface area (Å²) in [4.78, 5) is 0. The largest absolute Gasteiger partial charge is 0.237 e. The molecular formula is C21H19ClN2. The lowest BCUT2D eigenvalue weighted by molar-refractivity contribution is 0.746. The molecule has 4 rings (SSSR count). The topological polar surface area (TPSA) is 17.3 Å². The van der Waals surface area contributed by atoms with Gasteiger partial charge in [0.15, 0.2) is 0 Å². The van der Waals surface area contributed by atoms with Crippen molar-refractivity contribution in [3.8, 4) is 11.3 Å². The number of hydrogen-bond donors (Lipinski definition) is 0. The number of aryl methyl sites for hydroxylation is 1. The SMILES string of the molecule is CCCCc1cc2ccccc2c2cc(-c3ccc(Cl)cc3)nn12. The second-order valence-electron chi connectivity index (χ2n) is 6.16. The summed E-state index contributed by atoms with van der Waals surface area (Å²) in [5.74, 6) is 0. The number of aromatic nitrogens is 2. The Kier molecular flexibility index (Phi) is 3.99. The molecule has 0 bridgehead atoms. The second-order valence-corrected chi connectivity index (χ2v) is 6.60. The average molecular weight is 335 g/mol. The zero-order valence-corrected chi connectivity index (χ0v) is 14.4. The molecule has 0 radical (unpaired) electrons. The van der Waals surface area contributed by atoms with Gasteiger partial charge in [-0.3, -0.25) is 0 Å². The van der Waals surface area contributed by atoms with Crippen LogP contribution in [0.4, 0.5) is 0 Å². The Hall–Kier alpha value is -2.32. The molecule has 2 heterocycles. The molecule has 0 amide bonds. The number of benzene rings is 2. The van der Waals surface area contributed by atoms with Gasteiger partial charge in [0.05, 0.1) is 11.2 Å². The smallest absolute Gasteiger partial charge is 0.0934 e. The van der Waals surface area contributed by atoms with Crippen LogP contribution in [0.15, 0.2) is 60.7 Å². The van der Waals surface area contributed by atoms with E-state index in [0.717, 1.165) is 22.7 Å². The first-order valence-electron chi connectivity index (χ1n) is 8.42. The fourth-order valence-electron chi connectivity index (χ4n) is 3.19. The van der Waals surface area contributed by atoms with Crippen LogP contribution in [0.1, 0.15) is 25.5 Å². The zero-order chi connectivity index (χ0) is 16.5. The monoisotopic (exact) mass is 334 g/mol. The van der Waals surface area contributed by atoms with Gasteiger partial charge in [0.1, 0.15) is 0 Å². The van der Waals surface area contributed by atoms with Crippen LogP contribution in [0, 0.1) is 0 Å². The molecule has 0 aliphatic heterocycles. The molecule has 0 spiro atoms.